The van der Waals surface area contributed by atoms with Gasteiger partial charge < -0.3 is 41.6 Å². The quantitative estimate of drug-likeness (QED) is 0.156. The molecule has 1 aliphatic rings. The number of nitrogens with zero attached hydrogens (tertiary/aromatic N) is 1. The standard InChI is InChI=1S/C19H28N6O8/c1-9(26)15(18(31)24-13(19(32)33)6-14(27)28)25-17(30)12(5-10-7-20-8-22-10)23-16(29)11-3-2-4-21-11/h7-9,11-13,15,21,26H,2-6H2,1H3,(H,20,22)(H,23,29)(H,24,31)(H,25,30)(H,27,28)(H,32,33). The third-order valence-electron chi connectivity index (χ3n) is 5.04. The third-order valence-corrected chi connectivity index (χ3v) is 5.04. The van der Waals surface area contributed by atoms with E-state index in [1.165, 1.54) is 19.4 Å². The zero-order valence-electron chi connectivity index (χ0n) is 17.9. The number of H-pyrrole nitrogens is 1. The van der Waals surface area contributed by atoms with Crippen molar-refractivity contribution < 1.29 is 39.3 Å². The molecule has 0 radical (unpaired) electrons. The molecule has 5 unspecified atom stereocenters. The number of aromatic nitrogens is 2. The Morgan fingerprint density at radius 1 is 1.12 bits per heavy atom. The first-order valence-electron chi connectivity index (χ1n) is 10.3. The van der Waals surface area contributed by atoms with Crippen LogP contribution in [0.1, 0.15) is 31.9 Å². The molecule has 0 bridgehead atoms. The number of amides is 3. The second-order valence-corrected chi connectivity index (χ2v) is 7.72. The van der Waals surface area contributed by atoms with Gasteiger partial charge in [-0.25, -0.2) is 9.78 Å². The van der Waals surface area contributed by atoms with Crippen molar-refractivity contribution >= 4 is 29.7 Å². The number of aliphatic hydroxyl groups is 1. The Labute approximate surface area is 188 Å². The smallest absolute Gasteiger partial charge is 0.326 e. The van der Waals surface area contributed by atoms with Gasteiger partial charge >= 0.3 is 11.9 Å². The number of nitrogens with one attached hydrogen (secondary N) is 5. The molecule has 0 spiro atoms. The molecule has 8 N–H and O–H groups in total. The maximum absolute atomic E-state index is 13.0. The predicted molar refractivity (Wildman–Crippen MR) is 111 cm³/mol. The van der Waals surface area contributed by atoms with E-state index in [0.717, 1.165) is 6.42 Å². The van der Waals surface area contributed by atoms with Gasteiger partial charge in [0.1, 0.15) is 18.1 Å². The predicted octanol–water partition coefficient (Wildman–Crippen LogP) is -2.90. The van der Waals surface area contributed by atoms with Gasteiger partial charge in [-0.3, -0.25) is 19.2 Å². The van der Waals surface area contributed by atoms with Crippen molar-refractivity contribution in [2.45, 2.75) is 62.9 Å². The molecule has 14 heteroatoms. The summed E-state index contributed by atoms with van der Waals surface area (Å²) in [7, 11) is 0. The molecular formula is C19H28N6O8. The fraction of sp³-hybridized carbons (Fsp3) is 0.579. The molecule has 1 saturated heterocycles. The SMILES string of the molecule is CC(O)C(NC(=O)C(Cc1cnc[nH]1)NC(=O)C1CCCN1)C(=O)NC(CC(=O)O)C(=O)O. The molecule has 0 saturated carbocycles. The van der Waals surface area contributed by atoms with Gasteiger partial charge in [0, 0.05) is 18.3 Å². The number of carboxylic acids is 2. The van der Waals surface area contributed by atoms with Gasteiger partial charge in [-0.2, -0.15) is 0 Å². The zero-order valence-corrected chi connectivity index (χ0v) is 17.9. The Morgan fingerprint density at radius 2 is 1.85 bits per heavy atom. The number of hydrogen-bond donors (Lipinski definition) is 8. The van der Waals surface area contributed by atoms with Crippen LogP contribution in [0.3, 0.4) is 0 Å². The maximum Gasteiger partial charge on any atom is 0.326 e. The van der Waals surface area contributed by atoms with Crippen molar-refractivity contribution in [3.8, 4) is 0 Å². The molecule has 33 heavy (non-hydrogen) atoms. The molecule has 1 aromatic rings. The third kappa shape index (κ3) is 7.84. The first-order valence-corrected chi connectivity index (χ1v) is 10.3. The Balaban J connectivity index is 2.12. The lowest BCUT2D eigenvalue weighted by atomic mass is 10.1. The molecule has 182 valence electrons. The van der Waals surface area contributed by atoms with E-state index in [-0.39, 0.29) is 6.42 Å². The van der Waals surface area contributed by atoms with E-state index in [4.69, 9.17) is 10.2 Å². The molecule has 14 nitrogen and oxygen atoms in total. The molecule has 0 aromatic carbocycles. The largest absolute Gasteiger partial charge is 0.481 e. The van der Waals surface area contributed by atoms with Gasteiger partial charge in [0.05, 0.1) is 24.9 Å². The maximum atomic E-state index is 13.0. The number of aliphatic carboxylic acids is 2. The summed E-state index contributed by atoms with van der Waals surface area (Å²) in [5, 5.41) is 37.9. The molecule has 1 aliphatic heterocycles. The van der Waals surface area contributed by atoms with E-state index in [2.05, 4.69) is 25.9 Å². The van der Waals surface area contributed by atoms with Crippen LogP contribution in [0.2, 0.25) is 0 Å². The summed E-state index contributed by atoms with van der Waals surface area (Å²) in [6.45, 7) is 1.86. The molecule has 1 fully saturated rings. The second kappa shape index (κ2) is 11.9. The fourth-order valence-corrected chi connectivity index (χ4v) is 3.30. The van der Waals surface area contributed by atoms with Crippen molar-refractivity contribution in [1.29, 1.82) is 0 Å². The Morgan fingerprint density at radius 3 is 2.36 bits per heavy atom. The van der Waals surface area contributed by atoms with Gasteiger partial charge in [-0.1, -0.05) is 0 Å². The zero-order chi connectivity index (χ0) is 24.5. The van der Waals surface area contributed by atoms with Crippen LogP contribution in [0.25, 0.3) is 0 Å². The van der Waals surface area contributed by atoms with Crippen LogP contribution in [-0.2, 0) is 30.4 Å². The highest BCUT2D eigenvalue weighted by Gasteiger charge is 2.34. The molecule has 2 rings (SSSR count). The van der Waals surface area contributed by atoms with Crippen molar-refractivity contribution in [2.75, 3.05) is 6.54 Å². The van der Waals surface area contributed by atoms with Gasteiger partial charge in [0.2, 0.25) is 17.7 Å². The minimum Gasteiger partial charge on any atom is -0.481 e. The summed E-state index contributed by atoms with van der Waals surface area (Å²) in [6, 6.07) is -4.96. The lowest BCUT2D eigenvalue weighted by molar-refractivity contribution is -0.148. The Hall–Kier alpha value is -3.52. The van der Waals surface area contributed by atoms with E-state index in [1.54, 1.807) is 0 Å². The normalized spacial score (nSPS) is 19.0. The summed E-state index contributed by atoms with van der Waals surface area (Å²) in [4.78, 5) is 66.8. The lowest BCUT2D eigenvalue weighted by Crippen LogP contribution is -2.60. The van der Waals surface area contributed by atoms with Crippen LogP contribution in [-0.4, -0.2) is 91.8 Å². The first kappa shape index (κ1) is 25.7. The van der Waals surface area contributed by atoms with Crippen LogP contribution < -0.4 is 21.3 Å². The van der Waals surface area contributed by atoms with Gasteiger partial charge in [-0.15, -0.1) is 0 Å². The number of imidazole rings is 1. The van der Waals surface area contributed by atoms with E-state index in [0.29, 0.717) is 18.7 Å². The van der Waals surface area contributed by atoms with Crippen LogP contribution in [0.4, 0.5) is 0 Å². The molecule has 1 aromatic heterocycles. The summed E-state index contributed by atoms with van der Waals surface area (Å²) in [5.74, 6) is -5.34. The number of hydrogen-bond acceptors (Lipinski definition) is 8. The monoisotopic (exact) mass is 468 g/mol. The number of rotatable bonds is 12. The summed E-state index contributed by atoms with van der Waals surface area (Å²) >= 11 is 0. The minimum atomic E-state index is -1.76. The highest BCUT2D eigenvalue weighted by atomic mass is 16.4. The van der Waals surface area contributed by atoms with Crippen LogP contribution in [0.15, 0.2) is 12.5 Å². The molecule has 2 heterocycles. The molecule has 0 aliphatic carbocycles. The van der Waals surface area contributed by atoms with Gasteiger partial charge in [-0.05, 0) is 26.3 Å². The van der Waals surface area contributed by atoms with Crippen molar-refractivity contribution in [2.24, 2.45) is 0 Å². The van der Waals surface area contributed by atoms with E-state index in [1.807, 2.05) is 5.32 Å². The van der Waals surface area contributed by atoms with Crippen molar-refractivity contribution in [3.05, 3.63) is 18.2 Å². The Bertz CT molecular complexity index is 852. The number of carbonyl (C=O) groups excluding carboxylic acids is 3. The van der Waals surface area contributed by atoms with Crippen molar-refractivity contribution in [3.63, 3.8) is 0 Å². The average molecular weight is 468 g/mol. The molecule has 3 amide bonds. The fourth-order valence-electron chi connectivity index (χ4n) is 3.30. The molecular weight excluding hydrogens is 440 g/mol. The van der Waals surface area contributed by atoms with Crippen molar-refractivity contribution in [1.82, 2.24) is 31.2 Å². The second-order valence-electron chi connectivity index (χ2n) is 7.72. The van der Waals surface area contributed by atoms with Crippen LogP contribution in [0.5, 0.6) is 0 Å². The molecule has 5 atom stereocenters. The van der Waals surface area contributed by atoms with E-state index in [9.17, 15) is 29.1 Å². The first-order chi connectivity index (χ1) is 15.6. The van der Waals surface area contributed by atoms with E-state index < -0.39 is 66.4 Å². The van der Waals surface area contributed by atoms with Gasteiger partial charge in [0.25, 0.3) is 0 Å². The average Bonchev–Trinajstić information content (AvgIpc) is 3.44. The summed E-state index contributed by atoms with van der Waals surface area (Å²) in [6.07, 6.45) is 1.93. The number of aliphatic hydroxyl groups excluding tert-OH is 1. The number of carbonyl (C=O) groups is 5. The number of aromatic amines is 1. The minimum absolute atomic E-state index is 0.00913. The summed E-state index contributed by atoms with van der Waals surface area (Å²) in [5.41, 5.74) is 0.528. The number of carboxylic acid groups (broad SMARTS) is 2. The van der Waals surface area contributed by atoms with Gasteiger partial charge in [0.15, 0.2) is 0 Å². The summed E-state index contributed by atoms with van der Waals surface area (Å²) < 4.78 is 0. The van der Waals surface area contributed by atoms with Crippen LogP contribution >= 0.6 is 0 Å². The van der Waals surface area contributed by atoms with E-state index >= 15 is 0 Å². The van der Waals surface area contributed by atoms with Crippen LogP contribution in [0, 0.1) is 0 Å². The highest BCUT2D eigenvalue weighted by Crippen LogP contribution is 2.07. The lowest BCUT2D eigenvalue weighted by Gasteiger charge is -2.26. The topological polar surface area (TPSA) is 223 Å². The highest BCUT2D eigenvalue weighted by molar-refractivity contribution is 5.95. The Kier molecular flexibility index (Phi) is 9.30.